The average molecular weight is 426 g/mol. The normalized spacial score (nSPS) is 15.3. The van der Waals surface area contributed by atoms with E-state index in [-0.39, 0.29) is 12.5 Å². The fraction of sp³-hybridized carbons (Fsp3) is 0.111. The van der Waals surface area contributed by atoms with Crippen molar-refractivity contribution in [2.45, 2.75) is 6.61 Å². The van der Waals surface area contributed by atoms with Crippen molar-refractivity contribution in [2.75, 3.05) is 7.11 Å². The molecular weight excluding hydrogens is 413 g/mol. The lowest BCUT2D eigenvalue weighted by Crippen LogP contribution is -2.17. The Balaban J connectivity index is 1.83. The highest BCUT2D eigenvalue weighted by atomic mass is 35.5. The van der Waals surface area contributed by atoms with Crippen LogP contribution in [0.5, 0.6) is 11.5 Å². The first-order chi connectivity index (χ1) is 12.5. The minimum atomic E-state index is -0.203. The zero-order valence-electron chi connectivity index (χ0n) is 13.5. The van der Waals surface area contributed by atoms with Crippen LogP contribution >= 0.6 is 47.2 Å². The lowest BCUT2D eigenvalue weighted by Gasteiger charge is -2.12. The molecule has 4 nitrogen and oxygen atoms in total. The molecular formula is C18H13Cl2NO3S2. The monoisotopic (exact) mass is 425 g/mol. The molecule has 1 N–H and O–H groups in total. The van der Waals surface area contributed by atoms with Gasteiger partial charge >= 0.3 is 0 Å². The molecule has 2 aromatic rings. The number of ether oxygens (including phenoxy) is 2. The third-order valence-corrected chi connectivity index (χ3v) is 5.28. The molecule has 0 saturated carbocycles. The number of halogens is 2. The smallest absolute Gasteiger partial charge is 0.263 e. The van der Waals surface area contributed by atoms with Crippen molar-refractivity contribution >= 4 is 63.5 Å². The van der Waals surface area contributed by atoms with Gasteiger partial charge in [0.05, 0.1) is 12.0 Å². The number of benzene rings is 2. The highest BCUT2D eigenvalue weighted by molar-refractivity contribution is 8.26. The van der Waals surface area contributed by atoms with E-state index in [9.17, 15) is 4.79 Å². The fourth-order valence-electron chi connectivity index (χ4n) is 2.26. The van der Waals surface area contributed by atoms with Crippen LogP contribution in [0.2, 0.25) is 10.0 Å². The van der Waals surface area contributed by atoms with E-state index in [1.165, 1.54) is 11.8 Å². The van der Waals surface area contributed by atoms with Crippen LogP contribution in [-0.4, -0.2) is 17.3 Å². The SMILES string of the molecule is COc1ccc(/C=C2/SC(=S)NC2=O)cc1OCc1ccc(Cl)cc1Cl. The van der Waals surface area contributed by atoms with Crippen molar-refractivity contribution in [1.29, 1.82) is 0 Å². The van der Waals surface area contributed by atoms with Gasteiger partial charge in [0.2, 0.25) is 0 Å². The number of thioether (sulfide) groups is 1. The van der Waals surface area contributed by atoms with Crippen LogP contribution in [-0.2, 0) is 11.4 Å². The van der Waals surface area contributed by atoms with Gasteiger partial charge in [0.15, 0.2) is 11.5 Å². The standard InChI is InChI=1S/C18H13Cl2NO3S2/c1-23-14-5-2-10(7-16-17(22)21-18(25)26-16)6-15(14)24-9-11-3-4-12(19)8-13(11)20/h2-8H,9H2,1H3,(H,21,22,25)/b16-7+. The molecule has 8 heteroatoms. The molecule has 2 aromatic carbocycles. The summed E-state index contributed by atoms with van der Waals surface area (Å²) in [6.45, 7) is 0.256. The zero-order chi connectivity index (χ0) is 18.7. The Morgan fingerprint density at radius 1 is 1.19 bits per heavy atom. The second kappa shape index (κ2) is 8.31. The van der Waals surface area contributed by atoms with Crippen molar-refractivity contribution in [3.05, 3.63) is 62.5 Å². The van der Waals surface area contributed by atoms with E-state index in [2.05, 4.69) is 5.32 Å². The topological polar surface area (TPSA) is 47.6 Å². The molecule has 0 aromatic heterocycles. The van der Waals surface area contributed by atoms with Gasteiger partial charge in [-0.05, 0) is 35.9 Å². The molecule has 1 amide bonds. The number of nitrogens with one attached hydrogen (secondary N) is 1. The van der Waals surface area contributed by atoms with Crippen LogP contribution in [0.1, 0.15) is 11.1 Å². The molecule has 1 saturated heterocycles. The summed E-state index contributed by atoms with van der Waals surface area (Å²) in [7, 11) is 1.56. The minimum Gasteiger partial charge on any atom is -0.493 e. The summed E-state index contributed by atoms with van der Waals surface area (Å²) in [6, 6.07) is 10.6. The number of thiocarbonyl (C=S) groups is 1. The minimum absolute atomic E-state index is 0.203. The quantitative estimate of drug-likeness (QED) is 0.535. The van der Waals surface area contributed by atoms with Gasteiger partial charge in [0, 0.05) is 15.6 Å². The molecule has 0 unspecified atom stereocenters. The molecule has 0 spiro atoms. The molecule has 1 aliphatic heterocycles. The molecule has 134 valence electrons. The predicted octanol–water partition coefficient (Wildman–Crippen LogP) is 5.07. The summed E-state index contributed by atoms with van der Waals surface area (Å²) in [5.74, 6) is 0.918. The second-order valence-electron chi connectivity index (χ2n) is 5.29. The van der Waals surface area contributed by atoms with Crippen LogP contribution in [0, 0.1) is 0 Å². The largest absolute Gasteiger partial charge is 0.493 e. The van der Waals surface area contributed by atoms with Crippen LogP contribution in [0.15, 0.2) is 41.3 Å². The Bertz CT molecular complexity index is 915. The highest BCUT2D eigenvalue weighted by Gasteiger charge is 2.22. The lowest BCUT2D eigenvalue weighted by molar-refractivity contribution is -0.115. The van der Waals surface area contributed by atoms with Crippen molar-refractivity contribution in [3.63, 3.8) is 0 Å². The zero-order valence-corrected chi connectivity index (χ0v) is 16.7. The first kappa shape index (κ1) is 19.0. The molecule has 1 heterocycles. The van der Waals surface area contributed by atoms with E-state index < -0.39 is 0 Å². The summed E-state index contributed by atoms with van der Waals surface area (Å²) in [6.07, 6.45) is 1.75. The first-order valence-electron chi connectivity index (χ1n) is 7.46. The van der Waals surface area contributed by atoms with Gasteiger partial charge in [-0.2, -0.15) is 0 Å². The van der Waals surface area contributed by atoms with E-state index in [0.717, 1.165) is 11.1 Å². The number of carbonyl (C=O) groups excluding carboxylic acids is 1. The third kappa shape index (κ3) is 4.51. The van der Waals surface area contributed by atoms with Crippen LogP contribution < -0.4 is 14.8 Å². The molecule has 0 bridgehead atoms. The van der Waals surface area contributed by atoms with E-state index >= 15 is 0 Å². The summed E-state index contributed by atoms with van der Waals surface area (Å²) in [5.41, 5.74) is 1.60. The molecule has 1 fully saturated rings. The van der Waals surface area contributed by atoms with Gasteiger partial charge in [-0.3, -0.25) is 4.79 Å². The Morgan fingerprint density at radius 2 is 2.00 bits per heavy atom. The summed E-state index contributed by atoms with van der Waals surface area (Å²) < 4.78 is 11.7. The molecule has 0 aliphatic carbocycles. The van der Waals surface area contributed by atoms with Gasteiger partial charge in [0.1, 0.15) is 10.9 Å². The predicted molar refractivity (Wildman–Crippen MR) is 110 cm³/mol. The van der Waals surface area contributed by atoms with E-state index in [1.807, 2.05) is 12.1 Å². The van der Waals surface area contributed by atoms with E-state index in [1.54, 1.807) is 37.5 Å². The number of amides is 1. The van der Waals surface area contributed by atoms with Crippen LogP contribution in [0.3, 0.4) is 0 Å². The van der Waals surface area contributed by atoms with Crippen molar-refractivity contribution < 1.29 is 14.3 Å². The number of hydrogen-bond acceptors (Lipinski definition) is 5. The molecule has 3 rings (SSSR count). The Morgan fingerprint density at radius 3 is 2.65 bits per heavy atom. The summed E-state index contributed by atoms with van der Waals surface area (Å²) >= 11 is 18.3. The Hall–Kier alpha value is -1.73. The highest BCUT2D eigenvalue weighted by Crippen LogP contribution is 2.32. The second-order valence-corrected chi connectivity index (χ2v) is 7.85. The van der Waals surface area contributed by atoms with Crippen molar-refractivity contribution in [1.82, 2.24) is 5.32 Å². The Labute approximate surface area is 170 Å². The van der Waals surface area contributed by atoms with Gasteiger partial charge in [-0.1, -0.05) is 59.3 Å². The molecule has 1 aliphatic rings. The summed E-state index contributed by atoms with van der Waals surface area (Å²) in [4.78, 5) is 12.3. The average Bonchev–Trinajstić information content (AvgIpc) is 2.91. The molecule has 0 atom stereocenters. The van der Waals surface area contributed by atoms with Gasteiger partial charge < -0.3 is 14.8 Å². The first-order valence-corrected chi connectivity index (χ1v) is 9.44. The van der Waals surface area contributed by atoms with Gasteiger partial charge in [-0.15, -0.1) is 0 Å². The maximum atomic E-state index is 11.8. The number of carbonyl (C=O) groups is 1. The number of hydrogen-bond donors (Lipinski definition) is 1. The fourth-order valence-corrected chi connectivity index (χ4v) is 3.77. The van der Waals surface area contributed by atoms with Gasteiger partial charge in [-0.25, -0.2) is 0 Å². The van der Waals surface area contributed by atoms with Crippen molar-refractivity contribution in [3.8, 4) is 11.5 Å². The molecule has 0 radical (unpaired) electrons. The van der Waals surface area contributed by atoms with Gasteiger partial charge in [0.25, 0.3) is 5.91 Å². The number of methoxy groups -OCH3 is 1. The lowest BCUT2D eigenvalue weighted by atomic mass is 10.2. The molecule has 26 heavy (non-hydrogen) atoms. The van der Waals surface area contributed by atoms with Crippen LogP contribution in [0.4, 0.5) is 0 Å². The summed E-state index contributed by atoms with van der Waals surface area (Å²) in [5, 5.41) is 3.68. The third-order valence-electron chi connectivity index (χ3n) is 3.53. The van der Waals surface area contributed by atoms with E-state index in [0.29, 0.717) is 30.8 Å². The Kier molecular flexibility index (Phi) is 6.09. The van der Waals surface area contributed by atoms with E-state index in [4.69, 9.17) is 44.9 Å². The number of rotatable bonds is 5. The maximum absolute atomic E-state index is 11.8. The van der Waals surface area contributed by atoms with Crippen molar-refractivity contribution in [2.24, 2.45) is 0 Å². The maximum Gasteiger partial charge on any atom is 0.263 e. The van der Waals surface area contributed by atoms with Crippen LogP contribution in [0.25, 0.3) is 6.08 Å².